The molecule has 37 heavy (non-hydrogen) atoms. The van der Waals surface area contributed by atoms with Crippen molar-refractivity contribution in [3.05, 3.63) is 77.5 Å². The van der Waals surface area contributed by atoms with Crippen LogP contribution in [0, 0.1) is 6.92 Å². The van der Waals surface area contributed by atoms with Crippen molar-refractivity contribution in [1.29, 1.82) is 0 Å². The van der Waals surface area contributed by atoms with Crippen molar-refractivity contribution >= 4 is 5.95 Å². The summed E-state index contributed by atoms with van der Waals surface area (Å²) in [5, 5.41) is 10.8. The number of nitrogens with two attached hydrogens (primary N) is 1. The number of nitrogen functional groups attached to an aromatic ring is 1. The number of rotatable bonds is 7. The summed E-state index contributed by atoms with van der Waals surface area (Å²) in [7, 11) is 2.78. The Balaban J connectivity index is 1.82. The number of phenolic OH excluding ortho intramolecular Hbond substituents is 1. The van der Waals surface area contributed by atoms with Gasteiger partial charge < -0.3 is 25.1 Å². The fourth-order valence-electron chi connectivity index (χ4n) is 3.88. The highest BCUT2D eigenvalue weighted by Gasteiger charge is 2.38. The van der Waals surface area contributed by atoms with Crippen molar-refractivity contribution in [2.75, 3.05) is 20.0 Å². The second-order valence-corrected chi connectivity index (χ2v) is 8.12. The Morgan fingerprint density at radius 3 is 2.30 bits per heavy atom. The molecule has 0 saturated heterocycles. The minimum atomic E-state index is -4.86. The maximum absolute atomic E-state index is 14.1. The first-order chi connectivity index (χ1) is 17.6. The predicted octanol–water partition coefficient (Wildman–Crippen LogP) is 6.02. The van der Waals surface area contributed by atoms with Gasteiger partial charge in [0.25, 0.3) is 0 Å². The standard InChI is InChI=1S/C27H24F3N3O4/c1-15-6-4-5-7-17(15)14-37-18-9-10-19(20(34)13-18)24-23(25(27(28,29)30)33-26(31)32-24)16-8-11-21(35-2)22(12-16)36-3/h4-13,34H,14H2,1-3H3,(H2,31,32,33). The van der Waals surface area contributed by atoms with E-state index in [1.807, 2.05) is 31.2 Å². The molecular weight excluding hydrogens is 487 g/mol. The van der Waals surface area contributed by atoms with E-state index in [0.717, 1.165) is 11.1 Å². The van der Waals surface area contributed by atoms with Crippen molar-refractivity contribution in [2.24, 2.45) is 0 Å². The lowest BCUT2D eigenvalue weighted by atomic mass is 9.96. The van der Waals surface area contributed by atoms with Crippen molar-refractivity contribution in [3.8, 4) is 45.4 Å². The first kappa shape index (κ1) is 25.6. The van der Waals surface area contributed by atoms with Gasteiger partial charge in [0.1, 0.15) is 18.1 Å². The number of aromatic hydroxyl groups is 1. The molecule has 0 saturated carbocycles. The normalized spacial score (nSPS) is 11.3. The highest BCUT2D eigenvalue weighted by molar-refractivity contribution is 5.86. The fourth-order valence-corrected chi connectivity index (χ4v) is 3.88. The lowest BCUT2D eigenvalue weighted by molar-refractivity contribution is -0.140. The summed E-state index contributed by atoms with van der Waals surface area (Å²) < 4.78 is 58.6. The van der Waals surface area contributed by atoms with Crippen LogP contribution >= 0.6 is 0 Å². The highest BCUT2D eigenvalue weighted by atomic mass is 19.4. The van der Waals surface area contributed by atoms with Gasteiger partial charge in [0.2, 0.25) is 5.95 Å². The molecule has 10 heteroatoms. The summed E-state index contributed by atoms with van der Waals surface area (Å²) in [6.07, 6.45) is -4.86. The SMILES string of the molecule is COc1ccc(-c2c(-c3ccc(OCc4ccccc4C)cc3O)nc(N)nc2C(F)(F)F)cc1OC. The number of methoxy groups -OCH3 is 2. The number of aryl methyl sites for hydroxylation is 1. The molecule has 1 heterocycles. The van der Waals surface area contributed by atoms with Crippen LogP contribution in [0.5, 0.6) is 23.0 Å². The molecule has 0 aliphatic heterocycles. The monoisotopic (exact) mass is 511 g/mol. The zero-order valence-corrected chi connectivity index (χ0v) is 20.3. The van der Waals surface area contributed by atoms with Gasteiger partial charge in [0.15, 0.2) is 17.2 Å². The van der Waals surface area contributed by atoms with E-state index in [4.69, 9.17) is 19.9 Å². The summed E-state index contributed by atoms with van der Waals surface area (Å²) in [5.41, 5.74) is 5.98. The quantitative estimate of drug-likeness (QED) is 0.313. The molecule has 192 valence electrons. The third-order valence-electron chi connectivity index (χ3n) is 5.75. The van der Waals surface area contributed by atoms with Crippen LogP contribution in [0.25, 0.3) is 22.4 Å². The Hall–Kier alpha value is -4.47. The molecule has 3 aromatic carbocycles. The van der Waals surface area contributed by atoms with Crippen molar-refractivity contribution in [1.82, 2.24) is 9.97 Å². The molecule has 4 aromatic rings. The van der Waals surface area contributed by atoms with Crippen LogP contribution in [0.4, 0.5) is 19.1 Å². The summed E-state index contributed by atoms with van der Waals surface area (Å²) in [6.45, 7) is 2.20. The Bertz CT molecular complexity index is 1440. The molecule has 0 fully saturated rings. The molecule has 0 aliphatic rings. The van der Waals surface area contributed by atoms with E-state index in [2.05, 4.69) is 9.97 Å². The molecule has 0 amide bonds. The van der Waals surface area contributed by atoms with Crippen LogP contribution in [-0.2, 0) is 12.8 Å². The molecule has 7 nitrogen and oxygen atoms in total. The Labute approximate surface area is 211 Å². The van der Waals surface area contributed by atoms with Crippen LogP contribution in [0.2, 0.25) is 0 Å². The van der Waals surface area contributed by atoms with Gasteiger partial charge in [0, 0.05) is 17.2 Å². The van der Waals surface area contributed by atoms with E-state index in [9.17, 15) is 18.3 Å². The average Bonchev–Trinajstić information content (AvgIpc) is 2.87. The second-order valence-electron chi connectivity index (χ2n) is 8.12. The van der Waals surface area contributed by atoms with E-state index in [-0.39, 0.29) is 40.5 Å². The Kier molecular flexibility index (Phi) is 7.10. The molecule has 0 bridgehead atoms. The Morgan fingerprint density at radius 2 is 1.65 bits per heavy atom. The van der Waals surface area contributed by atoms with E-state index < -0.39 is 17.8 Å². The fraction of sp³-hybridized carbons (Fsp3) is 0.185. The third kappa shape index (κ3) is 5.37. The molecule has 1 aromatic heterocycles. The third-order valence-corrected chi connectivity index (χ3v) is 5.75. The highest BCUT2D eigenvalue weighted by Crippen LogP contribution is 2.45. The van der Waals surface area contributed by atoms with Crippen molar-refractivity contribution < 1.29 is 32.5 Å². The molecule has 0 aliphatic carbocycles. The van der Waals surface area contributed by atoms with Gasteiger partial charge >= 0.3 is 6.18 Å². The molecule has 3 N–H and O–H groups in total. The van der Waals surface area contributed by atoms with Gasteiger partial charge in [-0.25, -0.2) is 9.97 Å². The number of alkyl halides is 3. The van der Waals surface area contributed by atoms with Crippen LogP contribution in [0.1, 0.15) is 16.8 Å². The zero-order valence-electron chi connectivity index (χ0n) is 20.3. The van der Waals surface area contributed by atoms with E-state index in [1.54, 1.807) is 0 Å². The number of phenols is 1. The lowest BCUT2D eigenvalue weighted by Gasteiger charge is -2.18. The summed E-state index contributed by atoms with van der Waals surface area (Å²) in [6, 6.07) is 16.2. The smallest absolute Gasteiger partial charge is 0.434 e. The van der Waals surface area contributed by atoms with E-state index in [0.29, 0.717) is 11.5 Å². The van der Waals surface area contributed by atoms with Crippen molar-refractivity contribution in [2.45, 2.75) is 19.7 Å². The maximum atomic E-state index is 14.1. The first-order valence-corrected chi connectivity index (χ1v) is 11.1. The molecule has 0 radical (unpaired) electrons. The number of benzene rings is 3. The van der Waals surface area contributed by atoms with Gasteiger partial charge in [-0.3, -0.25) is 0 Å². The number of nitrogens with zero attached hydrogens (tertiary/aromatic N) is 2. The van der Waals surface area contributed by atoms with Crippen molar-refractivity contribution in [3.63, 3.8) is 0 Å². The zero-order chi connectivity index (χ0) is 26.7. The minimum absolute atomic E-state index is 0.0210. The number of hydrogen-bond donors (Lipinski definition) is 2. The molecule has 0 atom stereocenters. The maximum Gasteiger partial charge on any atom is 0.434 e. The molecule has 0 spiro atoms. The topological polar surface area (TPSA) is 99.7 Å². The van der Waals surface area contributed by atoms with Gasteiger partial charge in [-0.15, -0.1) is 0 Å². The largest absolute Gasteiger partial charge is 0.507 e. The summed E-state index contributed by atoms with van der Waals surface area (Å²) >= 11 is 0. The lowest BCUT2D eigenvalue weighted by Crippen LogP contribution is -2.14. The number of ether oxygens (including phenoxy) is 3. The molecule has 0 unspecified atom stereocenters. The van der Waals surface area contributed by atoms with Crippen LogP contribution in [0.15, 0.2) is 60.7 Å². The minimum Gasteiger partial charge on any atom is -0.507 e. The van der Waals surface area contributed by atoms with Gasteiger partial charge in [-0.2, -0.15) is 13.2 Å². The second kappa shape index (κ2) is 10.3. The van der Waals surface area contributed by atoms with Gasteiger partial charge in [-0.1, -0.05) is 30.3 Å². The number of hydrogen-bond acceptors (Lipinski definition) is 7. The van der Waals surface area contributed by atoms with Crippen LogP contribution < -0.4 is 19.9 Å². The number of aromatic nitrogens is 2. The first-order valence-electron chi connectivity index (χ1n) is 11.1. The summed E-state index contributed by atoms with van der Waals surface area (Å²) in [4.78, 5) is 7.57. The van der Waals surface area contributed by atoms with E-state index >= 15 is 0 Å². The van der Waals surface area contributed by atoms with E-state index in [1.165, 1.54) is 50.6 Å². The van der Waals surface area contributed by atoms with Gasteiger partial charge in [0.05, 0.1) is 19.9 Å². The van der Waals surface area contributed by atoms with Crippen LogP contribution in [-0.4, -0.2) is 29.3 Å². The summed E-state index contributed by atoms with van der Waals surface area (Å²) in [5.74, 6) is -0.0629. The average molecular weight is 512 g/mol. The molecular formula is C27H24F3N3O4. The Morgan fingerprint density at radius 1 is 0.919 bits per heavy atom. The molecule has 4 rings (SSSR count). The number of halogens is 3. The predicted molar refractivity (Wildman–Crippen MR) is 133 cm³/mol. The van der Waals surface area contributed by atoms with Crippen LogP contribution in [0.3, 0.4) is 0 Å². The number of anilines is 1. The van der Waals surface area contributed by atoms with Gasteiger partial charge in [-0.05, 0) is 47.9 Å².